The van der Waals surface area contributed by atoms with Crippen molar-refractivity contribution in [2.75, 3.05) is 6.54 Å². The van der Waals surface area contributed by atoms with Crippen LogP contribution in [0.4, 0.5) is 4.39 Å². The van der Waals surface area contributed by atoms with Crippen molar-refractivity contribution in [1.29, 1.82) is 0 Å². The molecule has 4 nitrogen and oxygen atoms in total. The number of aryl methyl sites for hydroxylation is 1. The van der Waals surface area contributed by atoms with Gasteiger partial charge in [-0.15, -0.1) is 0 Å². The second kappa shape index (κ2) is 8.99. The topological polar surface area (TPSA) is 40.6 Å². The molecule has 0 spiro atoms. The molecule has 0 aromatic heterocycles. The number of hydrogen-bond donors (Lipinski definition) is 0. The van der Waals surface area contributed by atoms with Gasteiger partial charge in [0.2, 0.25) is 5.91 Å². The second-order valence-corrected chi connectivity index (χ2v) is 8.57. The van der Waals surface area contributed by atoms with Crippen molar-refractivity contribution in [2.24, 2.45) is 0 Å². The van der Waals surface area contributed by atoms with Gasteiger partial charge in [-0.25, -0.2) is 4.39 Å². The molecule has 2 fully saturated rings. The van der Waals surface area contributed by atoms with Crippen molar-refractivity contribution < 1.29 is 14.0 Å². The summed E-state index contributed by atoms with van der Waals surface area (Å²) in [7, 11) is 0. The van der Waals surface area contributed by atoms with Crippen molar-refractivity contribution in [1.82, 2.24) is 9.80 Å². The third-order valence-corrected chi connectivity index (χ3v) is 6.38. The number of hydrogen-bond acceptors (Lipinski definition) is 2. The van der Waals surface area contributed by atoms with Crippen LogP contribution in [-0.2, 0) is 16.1 Å². The van der Waals surface area contributed by atoms with Gasteiger partial charge in [-0.1, -0.05) is 67.6 Å². The van der Waals surface area contributed by atoms with Gasteiger partial charge in [-0.2, -0.15) is 0 Å². The number of rotatable bonds is 4. The minimum Gasteiger partial charge on any atom is -0.328 e. The zero-order chi connectivity index (χ0) is 21.1. The summed E-state index contributed by atoms with van der Waals surface area (Å²) in [5.74, 6) is -0.351. The van der Waals surface area contributed by atoms with Crippen LogP contribution in [0, 0.1) is 12.7 Å². The van der Waals surface area contributed by atoms with Gasteiger partial charge in [0.15, 0.2) is 0 Å². The Morgan fingerprint density at radius 2 is 1.53 bits per heavy atom. The van der Waals surface area contributed by atoms with Crippen LogP contribution in [0.2, 0.25) is 0 Å². The van der Waals surface area contributed by atoms with E-state index in [1.807, 2.05) is 36.1 Å². The zero-order valence-corrected chi connectivity index (χ0v) is 17.5. The Balaban J connectivity index is 1.66. The molecule has 1 aliphatic carbocycles. The van der Waals surface area contributed by atoms with E-state index < -0.39 is 6.04 Å². The average Bonchev–Trinajstić information content (AvgIpc) is 3.02. The van der Waals surface area contributed by atoms with E-state index in [-0.39, 0.29) is 30.2 Å². The quantitative estimate of drug-likeness (QED) is 0.684. The molecule has 158 valence electrons. The molecule has 2 amide bonds. The number of piperazine rings is 1. The van der Waals surface area contributed by atoms with Crippen molar-refractivity contribution in [3.63, 3.8) is 0 Å². The average molecular weight is 409 g/mol. The van der Waals surface area contributed by atoms with Crippen molar-refractivity contribution in [3.8, 4) is 0 Å². The van der Waals surface area contributed by atoms with E-state index in [1.165, 1.54) is 25.0 Å². The molecule has 0 unspecified atom stereocenters. The first-order valence-corrected chi connectivity index (χ1v) is 10.9. The minimum atomic E-state index is -0.639. The highest BCUT2D eigenvalue weighted by Crippen LogP contribution is 2.33. The smallest absolute Gasteiger partial charge is 0.250 e. The van der Waals surface area contributed by atoms with Crippen LogP contribution in [0.3, 0.4) is 0 Å². The maximum Gasteiger partial charge on any atom is 0.250 e. The van der Waals surface area contributed by atoms with Crippen molar-refractivity contribution in [3.05, 3.63) is 71.0 Å². The molecule has 2 aromatic carbocycles. The van der Waals surface area contributed by atoms with Gasteiger partial charge in [-0.05, 0) is 43.0 Å². The Bertz CT molecular complexity index is 886. The van der Waals surface area contributed by atoms with E-state index in [0.717, 1.165) is 42.4 Å². The molecule has 2 aliphatic rings. The summed E-state index contributed by atoms with van der Waals surface area (Å²) >= 11 is 0. The molecule has 1 atom stereocenters. The fourth-order valence-corrected chi connectivity index (χ4v) is 4.66. The number of nitrogens with zero attached hydrogens (tertiary/aromatic N) is 2. The van der Waals surface area contributed by atoms with Crippen LogP contribution in [-0.4, -0.2) is 34.2 Å². The number of amides is 2. The van der Waals surface area contributed by atoms with Crippen molar-refractivity contribution in [2.45, 2.75) is 64.1 Å². The molecule has 1 aliphatic heterocycles. The Hall–Kier alpha value is -2.69. The van der Waals surface area contributed by atoms with Gasteiger partial charge in [0.25, 0.3) is 5.91 Å². The van der Waals surface area contributed by atoms with E-state index in [1.54, 1.807) is 17.0 Å². The van der Waals surface area contributed by atoms with E-state index in [9.17, 15) is 14.0 Å². The highest BCUT2D eigenvalue weighted by Gasteiger charge is 2.42. The maximum absolute atomic E-state index is 13.7. The summed E-state index contributed by atoms with van der Waals surface area (Å²) in [6, 6.07) is 13.5. The van der Waals surface area contributed by atoms with Gasteiger partial charge in [0.05, 0.1) is 0 Å². The Morgan fingerprint density at radius 1 is 0.900 bits per heavy atom. The molecule has 0 N–H and O–H groups in total. The number of carbonyl (C=O) groups excluding carboxylic acids is 2. The Kier molecular flexibility index (Phi) is 6.16. The first-order chi connectivity index (χ1) is 14.5. The molecule has 1 heterocycles. The molecule has 0 bridgehead atoms. The highest BCUT2D eigenvalue weighted by molar-refractivity contribution is 5.95. The highest BCUT2D eigenvalue weighted by atomic mass is 19.1. The fourth-order valence-electron chi connectivity index (χ4n) is 4.66. The lowest BCUT2D eigenvalue weighted by Gasteiger charge is -2.43. The number of halogens is 1. The van der Waals surface area contributed by atoms with Crippen LogP contribution in [0.5, 0.6) is 0 Å². The minimum absolute atomic E-state index is 0.00691. The Morgan fingerprint density at radius 3 is 2.17 bits per heavy atom. The summed E-state index contributed by atoms with van der Waals surface area (Å²) in [5, 5.41) is 0. The summed E-state index contributed by atoms with van der Waals surface area (Å²) in [4.78, 5) is 30.4. The van der Waals surface area contributed by atoms with Gasteiger partial charge in [-0.3, -0.25) is 9.59 Å². The third kappa shape index (κ3) is 4.40. The summed E-state index contributed by atoms with van der Waals surface area (Å²) in [6.07, 6.45) is 6.55. The lowest BCUT2D eigenvalue weighted by Crippen LogP contribution is -2.57. The van der Waals surface area contributed by atoms with E-state index >= 15 is 0 Å². The summed E-state index contributed by atoms with van der Waals surface area (Å²) in [6.45, 7) is 2.43. The van der Waals surface area contributed by atoms with E-state index in [2.05, 4.69) is 0 Å². The molecule has 1 saturated carbocycles. The van der Waals surface area contributed by atoms with Crippen LogP contribution < -0.4 is 0 Å². The molecule has 0 radical (unpaired) electrons. The fraction of sp³-hybridized carbons (Fsp3) is 0.440. The number of benzene rings is 2. The lowest BCUT2D eigenvalue weighted by molar-refractivity contribution is -0.159. The largest absolute Gasteiger partial charge is 0.328 e. The van der Waals surface area contributed by atoms with E-state index in [0.29, 0.717) is 6.54 Å². The van der Waals surface area contributed by atoms with Gasteiger partial charge in [0, 0.05) is 12.6 Å². The van der Waals surface area contributed by atoms with Gasteiger partial charge < -0.3 is 9.80 Å². The molecular formula is C25H29FN2O2. The SMILES string of the molecule is Cc1ccc([C@H]2C(=O)N(C3CCCCCC3)CC(=O)N2Cc2ccc(F)cc2)cc1. The molecule has 5 heteroatoms. The van der Waals surface area contributed by atoms with E-state index in [4.69, 9.17) is 0 Å². The predicted molar refractivity (Wildman–Crippen MR) is 114 cm³/mol. The maximum atomic E-state index is 13.7. The molecular weight excluding hydrogens is 379 g/mol. The standard InChI is InChI=1S/C25H29FN2O2/c1-18-8-12-20(13-9-18)24-25(30)27(22-6-4-2-3-5-7-22)17-23(29)28(24)16-19-10-14-21(26)15-11-19/h8-15,22,24H,2-7,16-17H2,1H3/t24-/m0/s1. The van der Waals surface area contributed by atoms with Crippen LogP contribution >= 0.6 is 0 Å². The van der Waals surface area contributed by atoms with Gasteiger partial charge >= 0.3 is 0 Å². The van der Waals surface area contributed by atoms with Crippen molar-refractivity contribution >= 4 is 11.8 Å². The molecule has 2 aromatic rings. The monoisotopic (exact) mass is 408 g/mol. The van der Waals surface area contributed by atoms with Crippen LogP contribution in [0.1, 0.15) is 61.3 Å². The second-order valence-electron chi connectivity index (χ2n) is 8.57. The van der Waals surface area contributed by atoms with Crippen LogP contribution in [0.25, 0.3) is 0 Å². The zero-order valence-electron chi connectivity index (χ0n) is 17.5. The lowest BCUT2D eigenvalue weighted by atomic mass is 9.96. The predicted octanol–water partition coefficient (Wildman–Crippen LogP) is 4.77. The molecule has 4 rings (SSSR count). The Labute approximate surface area is 177 Å². The first kappa shape index (κ1) is 20.6. The first-order valence-electron chi connectivity index (χ1n) is 10.9. The van der Waals surface area contributed by atoms with Gasteiger partial charge in [0.1, 0.15) is 18.4 Å². The van der Waals surface area contributed by atoms with Crippen LogP contribution in [0.15, 0.2) is 48.5 Å². The third-order valence-electron chi connectivity index (χ3n) is 6.38. The normalized spacial score (nSPS) is 21.1. The number of carbonyl (C=O) groups is 2. The molecule has 1 saturated heterocycles. The summed E-state index contributed by atoms with van der Waals surface area (Å²) in [5.41, 5.74) is 2.76. The summed E-state index contributed by atoms with van der Waals surface area (Å²) < 4.78 is 13.3. The molecule has 30 heavy (non-hydrogen) atoms.